The largest absolute Gasteiger partial charge is 0.384 e. The zero-order chi connectivity index (χ0) is 12.4. The molecule has 1 aromatic carbocycles. The molecule has 2 nitrogen and oxygen atoms in total. The highest BCUT2D eigenvalue weighted by Gasteiger charge is 1.97. The zero-order valence-corrected chi connectivity index (χ0v) is 10.2. The maximum Gasteiger partial charge on any atom is 0.122 e. The molecule has 0 saturated heterocycles. The third-order valence-corrected chi connectivity index (χ3v) is 1.82. The van der Waals surface area contributed by atoms with Crippen LogP contribution in [0.2, 0.25) is 0 Å². The lowest BCUT2D eigenvalue weighted by Gasteiger charge is -2.02. The molecule has 15 heavy (non-hydrogen) atoms. The van der Waals surface area contributed by atoms with E-state index in [9.17, 15) is 4.39 Å². The van der Waals surface area contributed by atoms with Gasteiger partial charge in [-0.15, -0.1) is 0 Å². The molecule has 3 heteroatoms. The molecule has 0 aliphatic carbocycles. The fraction of sp³-hybridized carbons (Fsp3) is 0.417. The van der Waals surface area contributed by atoms with Gasteiger partial charge >= 0.3 is 0 Å². The second kappa shape index (κ2) is 9.19. The van der Waals surface area contributed by atoms with Crippen LogP contribution in [0.1, 0.15) is 30.5 Å². The number of rotatable bonds is 1. The van der Waals surface area contributed by atoms with Gasteiger partial charge in [-0.1, -0.05) is 26.0 Å². The van der Waals surface area contributed by atoms with Gasteiger partial charge in [0.25, 0.3) is 0 Å². The number of nitrogens with one attached hydrogen (secondary N) is 1. The minimum atomic E-state index is 0.133. The van der Waals surface area contributed by atoms with E-state index in [0.29, 0.717) is 7.18 Å². The number of alkyl halides is 1. The van der Waals surface area contributed by atoms with Gasteiger partial charge < -0.3 is 5.73 Å². The van der Waals surface area contributed by atoms with Crippen LogP contribution in [0.4, 0.5) is 4.39 Å². The highest BCUT2D eigenvalue weighted by molar-refractivity contribution is 5.95. The maximum atomic E-state index is 9.50. The summed E-state index contributed by atoms with van der Waals surface area (Å²) in [6.45, 7) is 8.06. The Morgan fingerprint density at radius 2 is 1.60 bits per heavy atom. The van der Waals surface area contributed by atoms with E-state index in [-0.39, 0.29) is 5.84 Å². The van der Waals surface area contributed by atoms with Crippen LogP contribution < -0.4 is 5.73 Å². The number of amidine groups is 1. The molecular formula is C12H21FN2. The van der Waals surface area contributed by atoms with E-state index < -0.39 is 0 Å². The van der Waals surface area contributed by atoms with Crippen LogP contribution in [0.15, 0.2) is 18.2 Å². The molecule has 3 N–H and O–H groups in total. The lowest BCUT2D eigenvalue weighted by molar-refractivity contribution is 0.636. The van der Waals surface area contributed by atoms with Crippen molar-refractivity contribution in [2.75, 3.05) is 7.18 Å². The Labute approximate surface area is 91.8 Å². The van der Waals surface area contributed by atoms with Gasteiger partial charge in [0, 0.05) is 5.56 Å². The molecule has 0 aromatic heterocycles. The van der Waals surface area contributed by atoms with Crippen molar-refractivity contribution in [2.45, 2.75) is 27.7 Å². The van der Waals surface area contributed by atoms with Crippen molar-refractivity contribution in [1.29, 1.82) is 5.41 Å². The summed E-state index contributed by atoms with van der Waals surface area (Å²) in [5.41, 5.74) is 8.53. The molecule has 0 fully saturated rings. The average Bonchev–Trinajstić information content (AvgIpc) is 2.27. The van der Waals surface area contributed by atoms with Crippen molar-refractivity contribution in [3.05, 3.63) is 34.9 Å². The molecule has 86 valence electrons. The normalized spacial score (nSPS) is 7.87. The van der Waals surface area contributed by atoms with E-state index >= 15 is 0 Å². The molecule has 0 aliphatic rings. The van der Waals surface area contributed by atoms with Crippen LogP contribution in [-0.4, -0.2) is 13.0 Å². The van der Waals surface area contributed by atoms with Crippen molar-refractivity contribution in [3.63, 3.8) is 0 Å². The first kappa shape index (κ1) is 16.1. The molecule has 0 heterocycles. The topological polar surface area (TPSA) is 49.9 Å². The van der Waals surface area contributed by atoms with E-state index in [1.54, 1.807) is 0 Å². The molecule has 1 aromatic rings. The maximum absolute atomic E-state index is 9.50. The van der Waals surface area contributed by atoms with Crippen LogP contribution >= 0.6 is 0 Å². The summed E-state index contributed by atoms with van der Waals surface area (Å²) >= 11 is 0. The van der Waals surface area contributed by atoms with Crippen molar-refractivity contribution in [1.82, 2.24) is 0 Å². The van der Waals surface area contributed by atoms with E-state index in [1.165, 1.54) is 11.1 Å². The Bertz CT molecular complexity index is 296. The zero-order valence-electron chi connectivity index (χ0n) is 10.2. The number of halogens is 1. The Morgan fingerprint density at radius 3 is 1.93 bits per heavy atom. The van der Waals surface area contributed by atoms with Gasteiger partial charge in [0.2, 0.25) is 0 Å². The van der Waals surface area contributed by atoms with Crippen molar-refractivity contribution in [3.8, 4) is 0 Å². The van der Waals surface area contributed by atoms with Crippen molar-refractivity contribution >= 4 is 5.84 Å². The predicted molar refractivity (Wildman–Crippen MR) is 65.3 cm³/mol. The first-order valence-corrected chi connectivity index (χ1v) is 4.90. The summed E-state index contributed by atoms with van der Waals surface area (Å²) < 4.78 is 9.50. The van der Waals surface area contributed by atoms with Crippen LogP contribution in [0.5, 0.6) is 0 Å². The Kier molecular flexibility index (Phi) is 9.84. The van der Waals surface area contributed by atoms with Crippen LogP contribution in [0.3, 0.4) is 0 Å². The smallest absolute Gasteiger partial charge is 0.122 e. The molecule has 0 aliphatic heterocycles. The average molecular weight is 212 g/mol. The van der Waals surface area contributed by atoms with Gasteiger partial charge in [-0.25, -0.2) is 0 Å². The SMILES string of the molecule is CC.CF.Cc1ccc(C(=N)N)cc1C. The van der Waals surface area contributed by atoms with Crippen molar-refractivity contribution < 1.29 is 4.39 Å². The van der Waals surface area contributed by atoms with E-state index in [2.05, 4.69) is 0 Å². The minimum absolute atomic E-state index is 0.133. The summed E-state index contributed by atoms with van der Waals surface area (Å²) in [6.07, 6.45) is 0. The number of benzene rings is 1. The second-order valence-electron chi connectivity index (χ2n) is 2.71. The van der Waals surface area contributed by atoms with Gasteiger partial charge in [0.05, 0.1) is 7.18 Å². The van der Waals surface area contributed by atoms with Gasteiger partial charge in [0.1, 0.15) is 5.84 Å². The Hall–Kier alpha value is -1.38. The molecular weight excluding hydrogens is 191 g/mol. The van der Waals surface area contributed by atoms with Crippen LogP contribution in [0, 0.1) is 19.3 Å². The van der Waals surface area contributed by atoms with Gasteiger partial charge in [-0.05, 0) is 31.0 Å². The molecule has 1 rings (SSSR count). The standard InChI is InChI=1S/C9H12N2.C2H6.CH3F/c1-6-3-4-8(9(10)11)5-7(6)2;2*1-2/h3-5H,1-2H3,(H3,10,11);1-2H3;1H3. The molecule has 0 amide bonds. The molecule has 0 saturated carbocycles. The molecule has 0 spiro atoms. The van der Waals surface area contributed by atoms with E-state index in [4.69, 9.17) is 11.1 Å². The second-order valence-corrected chi connectivity index (χ2v) is 2.71. The van der Waals surface area contributed by atoms with E-state index in [0.717, 1.165) is 5.56 Å². The first-order valence-electron chi connectivity index (χ1n) is 4.90. The van der Waals surface area contributed by atoms with Crippen molar-refractivity contribution in [2.24, 2.45) is 5.73 Å². The molecule has 0 radical (unpaired) electrons. The number of nitrogen functional groups attached to an aromatic ring is 1. The van der Waals surface area contributed by atoms with Crippen LogP contribution in [-0.2, 0) is 0 Å². The molecule has 0 unspecified atom stereocenters. The quantitative estimate of drug-likeness (QED) is 0.545. The first-order chi connectivity index (χ1) is 7.11. The summed E-state index contributed by atoms with van der Waals surface area (Å²) in [5.74, 6) is 0.133. The number of hydrogen-bond donors (Lipinski definition) is 2. The van der Waals surface area contributed by atoms with Gasteiger partial charge in [0.15, 0.2) is 0 Å². The lowest BCUT2D eigenvalue weighted by Crippen LogP contribution is -2.11. The van der Waals surface area contributed by atoms with Gasteiger partial charge in [-0.2, -0.15) is 0 Å². The van der Waals surface area contributed by atoms with Gasteiger partial charge in [-0.3, -0.25) is 9.80 Å². The minimum Gasteiger partial charge on any atom is -0.384 e. The summed E-state index contributed by atoms with van der Waals surface area (Å²) in [4.78, 5) is 0. The van der Waals surface area contributed by atoms with Crippen LogP contribution in [0.25, 0.3) is 0 Å². The fourth-order valence-electron chi connectivity index (χ4n) is 0.909. The monoisotopic (exact) mass is 212 g/mol. The third-order valence-electron chi connectivity index (χ3n) is 1.82. The molecule has 0 atom stereocenters. The highest BCUT2D eigenvalue weighted by atomic mass is 19.1. The molecule has 0 bridgehead atoms. The summed E-state index contributed by atoms with van der Waals surface area (Å²) in [5, 5.41) is 7.18. The lowest BCUT2D eigenvalue weighted by atomic mass is 10.1. The predicted octanol–water partition coefficient (Wildman–Crippen LogP) is 3.20. The summed E-state index contributed by atoms with van der Waals surface area (Å²) in [6, 6.07) is 5.77. The van der Waals surface area contributed by atoms with E-state index in [1.807, 2.05) is 45.9 Å². The number of aryl methyl sites for hydroxylation is 2. The summed E-state index contributed by atoms with van der Waals surface area (Å²) in [7, 11) is 0.500. The number of hydrogen-bond acceptors (Lipinski definition) is 1. The Morgan fingerprint density at radius 1 is 1.13 bits per heavy atom. The number of nitrogens with two attached hydrogens (primary N) is 1. The third kappa shape index (κ3) is 5.83. The fourth-order valence-corrected chi connectivity index (χ4v) is 0.909. The Balaban J connectivity index is 0. The highest BCUT2D eigenvalue weighted by Crippen LogP contribution is 2.08.